The van der Waals surface area contributed by atoms with Gasteiger partial charge in [-0.1, -0.05) is 0 Å². The van der Waals surface area contributed by atoms with Crippen molar-refractivity contribution in [3.8, 4) is 11.8 Å². The van der Waals surface area contributed by atoms with Crippen molar-refractivity contribution in [2.45, 2.75) is 13.0 Å². The van der Waals surface area contributed by atoms with Crippen LogP contribution in [0.15, 0.2) is 24.5 Å². The maximum absolute atomic E-state index is 14.4. The van der Waals surface area contributed by atoms with Gasteiger partial charge in [0.1, 0.15) is 17.6 Å². The Labute approximate surface area is 166 Å². The molecule has 0 spiro atoms. The maximum atomic E-state index is 14.4. The Morgan fingerprint density at radius 3 is 2.93 bits per heavy atom. The summed E-state index contributed by atoms with van der Waals surface area (Å²) >= 11 is 0. The fourth-order valence-electron chi connectivity index (χ4n) is 3.85. The van der Waals surface area contributed by atoms with E-state index >= 15 is 0 Å². The Kier molecular flexibility index (Phi) is 4.41. The number of halogens is 1. The van der Waals surface area contributed by atoms with E-state index in [1.54, 1.807) is 22.9 Å². The van der Waals surface area contributed by atoms with E-state index in [0.717, 1.165) is 30.1 Å². The lowest BCUT2D eigenvalue weighted by Crippen LogP contribution is -2.36. The number of rotatable bonds is 4. The fraction of sp³-hybridized carbons (Fsp3) is 0.350. The van der Waals surface area contributed by atoms with Crippen molar-refractivity contribution in [2.75, 3.05) is 43.1 Å². The number of nitrogens with one attached hydrogen (secondary N) is 1. The van der Waals surface area contributed by atoms with Crippen LogP contribution in [0, 0.1) is 17.1 Å². The van der Waals surface area contributed by atoms with E-state index in [1.807, 2.05) is 0 Å². The molecular weight excluding hydrogens is 375 g/mol. The van der Waals surface area contributed by atoms with Crippen molar-refractivity contribution in [3.63, 3.8) is 0 Å². The van der Waals surface area contributed by atoms with Gasteiger partial charge < -0.3 is 19.7 Å². The molecule has 0 radical (unpaired) electrons. The first kappa shape index (κ1) is 17.7. The van der Waals surface area contributed by atoms with Crippen LogP contribution >= 0.6 is 0 Å². The fourth-order valence-corrected chi connectivity index (χ4v) is 3.85. The minimum Gasteiger partial charge on any atom is -0.493 e. The molecular formula is C20H19FN6O2. The van der Waals surface area contributed by atoms with Crippen molar-refractivity contribution in [2.24, 2.45) is 0 Å². The highest BCUT2D eigenvalue weighted by molar-refractivity contribution is 5.71. The molecule has 0 unspecified atom stereocenters. The predicted octanol–water partition coefficient (Wildman–Crippen LogP) is 2.12. The third kappa shape index (κ3) is 3.11. The number of anilines is 2. The van der Waals surface area contributed by atoms with Gasteiger partial charge in [0, 0.05) is 37.2 Å². The van der Waals surface area contributed by atoms with Crippen LogP contribution in [0.2, 0.25) is 0 Å². The first-order valence-electron chi connectivity index (χ1n) is 9.52. The van der Waals surface area contributed by atoms with Crippen LogP contribution in [-0.2, 0) is 17.7 Å². The summed E-state index contributed by atoms with van der Waals surface area (Å²) in [5.41, 5.74) is 3.26. The third-order valence-corrected chi connectivity index (χ3v) is 5.30. The number of nitrogens with zero attached hydrogens (tertiary/aromatic N) is 5. The van der Waals surface area contributed by atoms with Gasteiger partial charge in [-0.05, 0) is 12.1 Å². The zero-order valence-corrected chi connectivity index (χ0v) is 15.7. The Balaban J connectivity index is 1.49. The van der Waals surface area contributed by atoms with Gasteiger partial charge >= 0.3 is 0 Å². The Hall–Kier alpha value is -3.38. The van der Waals surface area contributed by atoms with E-state index in [9.17, 15) is 9.65 Å². The molecule has 3 aromatic rings. The SMILES string of the molecule is N#Cc1cn2c(NCc3c(F)ccc4c3CCO4)ncc(N3CCOCC3)c2n1. The smallest absolute Gasteiger partial charge is 0.209 e. The minimum absolute atomic E-state index is 0.261. The summed E-state index contributed by atoms with van der Waals surface area (Å²) in [4.78, 5) is 11.1. The Morgan fingerprint density at radius 1 is 1.24 bits per heavy atom. The van der Waals surface area contributed by atoms with Gasteiger partial charge in [0.05, 0.1) is 37.9 Å². The first-order chi connectivity index (χ1) is 14.2. The second-order valence-corrected chi connectivity index (χ2v) is 6.95. The molecule has 0 amide bonds. The highest BCUT2D eigenvalue weighted by Crippen LogP contribution is 2.31. The molecule has 2 aliphatic rings. The summed E-state index contributed by atoms with van der Waals surface area (Å²) in [7, 11) is 0. The number of fused-ring (bicyclic) bond motifs is 2. The number of hydrogen-bond donors (Lipinski definition) is 1. The predicted molar refractivity (Wildman–Crippen MR) is 104 cm³/mol. The molecule has 1 aromatic carbocycles. The van der Waals surface area contributed by atoms with Crippen molar-refractivity contribution >= 4 is 17.3 Å². The highest BCUT2D eigenvalue weighted by atomic mass is 19.1. The van der Waals surface area contributed by atoms with Gasteiger partial charge in [0.15, 0.2) is 11.3 Å². The van der Waals surface area contributed by atoms with Gasteiger partial charge in [-0.3, -0.25) is 4.40 Å². The normalized spacial score (nSPS) is 15.8. The molecule has 8 nitrogen and oxygen atoms in total. The molecule has 2 aromatic heterocycles. The van der Waals surface area contributed by atoms with E-state index in [-0.39, 0.29) is 12.4 Å². The van der Waals surface area contributed by atoms with Crippen LogP contribution in [0.1, 0.15) is 16.8 Å². The zero-order chi connectivity index (χ0) is 19.8. The van der Waals surface area contributed by atoms with Crippen LogP contribution in [0.3, 0.4) is 0 Å². The second-order valence-electron chi connectivity index (χ2n) is 6.95. The Morgan fingerprint density at radius 2 is 2.10 bits per heavy atom. The van der Waals surface area contributed by atoms with Crippen molar-refractivity contribution < 1.29 is 13.9 Å². The van der Waals surface area contributed by atoms with E-state index in [2.05, 4.69) is 26.3 Å². The second kappa shape index (κ2) is 7.22. The lowest BCUT2D eigenvalue weighted by atomic mass is 10.0. The van der Waals surface area contributed by atoms with E-state index in [4.69, 9.17) is 9.47 Å². The van der Waals surface area contributed by atoms with Crippen LogP contribution in [0.5, 0.6) is 5.75 Å². The number of morpholine rings is 1. The third-order valence-electron chi connectivity index (χ3n) is 5.30. The molecule has 1 saturated heterocycles. The molecule has 148 valence electrons. The quantitative estimate of drug-likeness (QED) is 0.725. The number of ether oxygens (including phenoxy) is 2. The standard InChI is InChI=1S/C20H19FN6O2/c21-16-1-2-18-14(3-6-29-18)15(16)10-23-20-24-11-17(26-4-7-28-8-5-26)19-25-13(9-22)12-27(19)20/h1-2,11-12H,3-8,10H2,(H,23,24). The molecule has 2 aliphatic heterocycles. The molecule has 0 bridgehead atoms. The van der Waals surface area contributed by atoms with E-state index in [1.165, 1.54) is 6.07 Å². The van der Waals surface area contributed by atoms with Gasteiger partial charge in [-0.2, -0.15) is 5.26 Å². The van der Waals surface area contributed by atoms with Gasteiger partial charge in [-0.25, -0.2) is 14.4 Å². The summed E-state index contributed by atoms with van der Waals surface area (Å²) in [5, 5.41) is 12.5. The average molecular weight is 394 g/mol. The van der Waals surface area contributed by atoms with Crippen LogP contribution < -0.4 is 15.0 Å². The number of imidazole rings is 1. The monoisotopic (exact) mass is 394 g/mol. The van der Waals surface area contributed by atoms with Crippen molar-refractivity contribution in [1.29, 1.82) is 5.26 Å². The molecule has 0 aliphatic carbocycles. The van der Waals surface area contributed by atoms with Crippen molar-refractivity contribution in [3.05, 3.63) is 47.2 Å². The van der Waals surface area contributed by atoms with Gasteiger partial charge in [-0.15, -0.1) is 0 Å². The summed E-state index contributed by atoms with van der Waals surface area (Å²) in [6.07, 6.45) is 4.07. The van der Waals surface area contributed by atoms with Crippen LogP contribution in [0.25, 0.3) is 5.65 Å². The number of nitriles is 1. The van der Waals surface area contributed by atoms with Crippen molar-refractivity contribution in [1.82, 2.24) is 14.4 Å². The lowest BCUT2D eigenvalue weighted by molar-refractivity contribution is 0.123. The largest absolute Gasteiger partial charge is 0.493 e. The number of hydrogen-bond acceptors (Lipinski definition) is 7. The average Bonchev–Trinajstić information content (AvgIpc) is 3.40. The zero-order valence-electron chi connectivity index (χ0n) is 15.7. The summed E-state index contributed by atoms with van der Waals surface area (Å²) in [5.74, 6) is 0.964. The molecule has 9 heteroatoms. The summed E-state index contributed by atoms with van der Waals surface area (Å²) in [6.45, 7) is 3.57. The molecule has 0 saturated carbocycles. The van der Waals surface area contributed by atoms with E-state index in [0.29, 0.717) is 49.1 Å². The molecule has 1 N–H and O–H groups in total. The highest BCUT2D eigenvalue weighted by Gasteiger charge is 2.21. The van der Waals surface area contributed by atoms with Crippen LogP contribution in [0.4, 0.5) is 16.0 Å². The lowest BCUT2D eigenvalue weighted by Gasteiger charge is -2.28. The number of aromatic nitrogens is 3. The summed E-state index contributed by atoms with van der Waals surface area (Å²) < 4.78 is 27.1. The molecule has 29 heavy (non-hydrogen) atoms. The number of benzene rings is 1. The van der Waals surface area contributed by atoms with E-state index < -0.39 is 0 Å². The summed E-state index contributed by atoms with van der Waals surface area (Å²) in [6, 6.07) is 5.18. The Bertz CT molecular complexity index is 1120. The van der Waals surface area contributed by atoms with Crippen LogP contribution in [-0.4, -0.2) is 47.3 Å². The molecule has 1 fully saturated rings. The first-order valence-corrected chi connectivity index (χ1v) is 9.52. The maximum Gasteiger partial charge on any atom is 0.209 e. The van der Waals surface area contributed by atoms with Gasteiger partial charge in [0.25, 0.3) is 0 Å². The molecule has 5 rings (SSSR count). The minimum atomic E-state index is -0.272. The molecule has 0 atom stereocenters. The topological polar surface area (TPSA) is 87.7 Å². The molecule has 4 heterocycles. The van der Waals surface area contributed by atoms with Gasteiger partial charge in [0.2, 0.25) is 5.95 Å².